The van der Waals surface area contributed by atoms with Crippen molar-refractivity contribution in [2.45, 2.75) is 19.4 Å². The summed E-state index contributed by atoms with van der Waals surface area (Å²) < 4.78 is 14.8. The summed E-state index contributed by atoms with van der Waals surface area (Å²) in [6.45, 7) is 2.73. The minimum absolute atomic E-state index is 0.147. The lowest BCUT2D eigenvalue weighted by Crippen LogP contribution is -2.57. The molecule has 0 spiro atoms. The van der Waals surface area contributed by atoms with Gasteiger partial charge in [-0.1, -0.05) is 6.92 Å². The van der Waals surface area contributed by atoms with Crippen LogP contribution in [0.4, 0.5) is 4.39 Å². The number of hydrogen-bond donors (Lipinski definition) is 1. The fourth-order valence-electron chi connectivity index (χ4n) is 3.35. The number of nitrogens with zero attached hydrogens (tertiary/aromatic N) is 4. The lowest BCUT2D eigenvalue weighted by Gasteiger charge is -2.33. The van der Waals surface area contributed by atoms with Crippen molar-refractivity contribution in [2.24, 2.45) is 0 Å². The molecule has 1 aliphatic rings. The van der Waals surface area contributed by atoms with Crippen molar-refractivity contribution in [1.29, 1.82) is 0 Å². The van der Waals surface area contributed by atoms with E-state index in [4.69, 9.17) is 0 Å². The van der Waals surface area contributed by atoms with Gasteiger partial charge in [0.2, 0.25) is 5.91 Å². The summed E-state index contributed by atoms with van der Waals surface area (Å²) in [6, 6.07) is 8.90. The van der Waals surface area contributed by atoms with E-state index >= 15 is 0 Å². The van der Waals surface area contributed by atoms with Crippen LogP contribution in [0, 0.1) is 5.82 Å². The number of hydrogen-bond acceptors (Lipinski definition) is 4. The van der Waals surface area contributed by atoms with E-state index in [1.54, 1.807) is 39.9 Å². The van der Waals surface area contributed by atoms with Crippen molar-refractivity contribution in [1.82, 2.24) is 24.8 Å². The predicted molar refractivity (Wildman–Crippen MR) is 96.5 cm³/mol. The molecule has 3 heterocycles. The molecule has 1 aliphatic heterocycles. The van der Waals surface area contributed by atoms with Gasteiger partial charge in [-0.15, -0.1) is 0 Å². The molecule has 4 rings (SSSR count). The molecule has 0 bridgehead atoms. The molecule has 1 fully saturated rings. The van der Waals surface area contributed by atoms with Crippen molar-refractivity contribution in [3.8, 4) is 11.3 Å². The summed E-state index contributed by atoms with van der Waals surface area (Å²) in [5.74, 6) is -0.771. The highest BCUT2D eigenvalue weighted by molar-refractivity contribution is 5.97. The van der Waals surface area contributed by atoms with Gasteiger partial charge in [0.05, 0.1) is 5.69 Å². The zero-order chi connectivity index (χ0) is 19.0. The van der Waals surface area contributed by atoms with Crippen LogP contribution in [0.3, 0.4) is 0 Å². The van der Waals surface area contributed by atoms with Gasteiger partial charge in [0.1, 0.15) is 11.9 Å². The molecule has 2 amide bonds. The average Bonchev–Trinajstić information content (AvgIpc) is 3.12. The summed E-state index contributed by atoms with van der Waals surface area (Å²) in [5.41, 5.74) is 2.19. The van der Waals surface area contributed by atoms with E-state index < -0.39 is 6.04 Å². The number of piperazine rings is 1. The Morgan fingerprint density at radius 2 is 2.07 bits per heavy atom. The molecule has 138 valence electrons. The summed E-state index contributed by atoms with van der Waals surface area (Å²) >= 11 is 0. The first-order valence-corrected chi connectivity index (χ1v) is 8.78. The molecular formula is C19H18FN5O2. The van der Waals surface area contributed by atoms with Crippen LogP contribution in [0.25, 0.3) is 16.9 Å². The fraction of sp³-hybridized carbons (Fsp3) is 0.263. The third-order valence-corrected chi connectivity index (χ3v) is 4.70. The molecule has 1 saturated heterocycles. The largest absolute Gasteiger partial charge is 0.353 e. The maximum Gasteiger partial charge on any atom is 0.275 e. The van der Waals surface area contributed by atoms with Crippen molar-refractivity contribution in [2.75, 3.05) is 13.1 Å². The van der Waals surface area contributed by atoms with Gasteiger partial charge in [-0.3, -0.25) is 9.59 Å². The first-order chi connectivity index (χ1) is 13.1. The molecule has 3 aromatic rings. The number of halogens is 1. The van der Waals surface area contributed by atoms with Crippen molar-refractivity contribution >= 4 is 17.5 Å². The molecule has 27 heavy (non-hydrogen) atoms. The van der Waals surface area contributed by atoms with Crippen LogP contribution in [0.5, 0.6) is 0 Å². The third-order valence-electron chi connectivity index (χ3n) is 4.70. The number of rotatable bonds is 3. The Balaban J connectivity index is 1.73. The zero-order valence-corrected chi connectivity index (χ0v) is 14.7. The van der Waals surface area contributed by atoms with Gasteiger partial charge < -0.3 is 10.2 Å². The maximum atomic E-state index is 13.2. The number of fused-ring (bicyclic) bond motifs is 1. The molecule has 0 radical (unpaired) electrons. The Hall–Kier alpha value is -3.29. The van der Waals surface area contributed by atoms with Crippen LogP contribution in [0.15, 0.2) is 42.6 Å². The lowest BCUT2D eigenvalue weighted by atomic mass is 10.1. The van der Waals surface area contributed by atoms with Crippen LogP contribution >= 0.6 is 0 Å². The number of aromatic nitrogens is 3. The number of carbonyl (C=O) groups excluding carboxylic acids is 2. The van der Waals surface area contributed by atoms with E-state index in [0.29, 0.717) is 30.9 Å². The summed E-state index contributed by atoms with van der Waals surface area (Å²) in [7, 11) is 0. The standard InChI is InChI=1S/C19H18FN5O2/c1-2-15-18(26)22-9-10-24(15)19(27)14-11-17-21-8-7-16(25(17)23-14)12-3-5-13(20)6-4-12/h3-8,11,15H,2,9-10H2,1H3,(H,22,26)/t15-/m0/s1. The molecule has 0 unspecified atom stereocenters. The van der Waals surface area contributed by atoms with Crippen LogP contribution in [-0.2, 0) is 4.79 Å². The van der Waals surface area contributed by atoms with Gasteiger partial charge in [-0.05, 0) is 36.8 Å². The van der Waals surface area contributed by atoms with E-state index in [1.165, 1.54) is 12.1 Å². The monoisotopic (exact) mass is 367 g/mol. The molecule has 2 aromatic heterocycles. The molecular weight excluding hydrogens is 349 g/mol. The Bertz CT molecular complexity index is 1010. The highest BCUT2D eigenvalue weighted by Crippen LogP contribution is 2.21. The van der Waals surface area contributed by atoms with Crippen LogP contribution in [0.1, 0.15) is 23.8 Å². The number of benzene rings is 1. The van der Waals surface area contributed by atoms with Crippen molar-refractivity contribution in [3.05, 3.63) is 54.1 Å². The molecule has 0 saturated carbocycles. The quantitative estimate of drug-likeness (QED) is 0.767. The van der Waals surface area contributed by atoms with Crippen LogP contribution in [-0.4, -0.2) is 50.4 Å². The normalized spacial score (nSPS) is 17.2. The first-order valence-electron chi connectivity index (χ1n) is 8.78. The van der Waals surface area contributed by atoms with E-state index in [2.05, 4.69) is 15.4 Å². The second kappa shape index (κ2) is 6.79. The Morgan fingerprint density at radius 3 is 2.81 bits per heavy atom. The third kappa shape index (κ3) is 3.03. The molecule has 1 atom stereocenters. The average molecular weight is 367 g/mol. The van der Waals surface area contributed by atoms with Crippen molar-refractivity contribution < 1.29 is 14.0 Å². The number of nitrogens with one attached hydrogen (secondary N) is 1. The highest BCUT2D eigenvalue weighted by atomic mass is 19.1. The number of amides is 2. The Morgan fingerprint density at radius 1 is 1.30 bits per heavy atom. The second-order valence-corrected chi connectivity index (χ2v) is 6.35. The van der Waals surface area contributed by atoms with Crippen LogP contribution < -0.4 is 5.32 Å². The molecule has 1 N–H and O–H groups in total. The van der Waals surface area contributed by atoms with Crippen LogP contribution in [0.2, 0.25) is 0 Å². The minimum Gasteiger partial charge on any atom is -0.353 e. The van der Waals surface area contributed by atoms with Gasteiger partial charge in [-0.25, -0.2) is 13.9 Å². The molecule has 0 aliphatic carbocycles. The van der Waals surface area contributed by atoms with Gasteiger partial charge in [0.25, 0.3) is 5.91 Å². The lowest BCUT2D eigenvalue weighted by molar-refractivity contribution is -0.127. The molecule has 1 aromatic carbocycles. The topological polar surface area (TPSA) is 79.6 Å². The zero-order valence-electron chi connectivity index (χ0n) is 14.7. The van der Waals surface area contributed by atoms with E-state index in [9.17, 15) is 14.0 Å². The summed E-state index contributed by atoms with van der Waals surface area (Å²) in [4.78, 5) is 30.8. The van der Waals surface area contributed by atoms with Gasteiger partial charge in [0, 0.05) is 30.9 Å². The highest BCUT2D eigenvalue weighted by Gasteiger charge is 2.33. The predicted octanol–water partition coefficient (Wildman–Crippen LogP) is 1.89. The fourth-order valence-corrected chi connectivity index (χ4v) is 3.35. The van der Waals surface area contributed by atoms with E-state index in [-0.39, 0.29) is 23.3 Å². The first kappa shape index (κ1) is 17.1. The minimum atomic E-state index is -0.499. The summed E-state index contributed by atoms with van der Waals surface area (Å²) in [5, 5.41) is 7.20. The Kier molecular flexibility index (Phi) is 4.31. The SMILES string of the molecule is CC[C@H]1C(=O)NCCN1C(=O)c1cc2nccc(-c3ccc(F)cc3)n2n1. The number of carbonyl (C=O) groups is 2. The van der Waals surface area contributed by atoms with E-state index in [1.807, 2.05) is 6.92 Å². The molecule has 8 heteroatoms. The van der Waals surface area contributed by atoms with E-state index in [0.717, 1.165) is 5.56 Å². The smallest absolute Gasteiger partial charge is 0.275 e. The second-order valence-electron chi connectivity index (χ2n) is 6.35. The van der Waals surface area contributed by atoms with Gasteiger partial charge in [0.15, 0.2) is 11.3 Å². The van der Waals surface area contributed by atoms with Gasteiger partial charge in [-0.2, -0.15) is 5.10 Å². The maximum absolute atomic E-state index is 13.2. The van der Waals surface area contributed by atoms with Crippen molar-refractivity contribution in [3.63, 3.8) is 0 Å². The van der Waals surface area contributed by atoms with Gasteiger partial charge >= 0.3 is 0 Å². The molecule has 7 nitrogen and oxygen atoms in total. The Labute approximate surface area is 154 Å². The summed E-state index contributed by atoms with van der Waals surface area (Å²) in [6.07, 6.45) is 2.15.